The van der Waals surface area contributed by atoms with E-state index in [9.17, 15) is 24.6 Å². The molecular weight excluding hydrogens is 496 g/mol. The van der Waals surface area contributed by atoms with E-state index in [0.717, 1.165) is 15.9 Å². The van der Waals surface area contributed by atoms with Crippen LogP contribution >= 0.6 is 11.3 Å². The second-order valence-corrected chi connectivity index (χ2v) is 9.59. The van der Waals surface area contributed by atoms with Crippen molar-refractivity contribution in [3.8, 4) is 11.5 Å². The van der Waals surface area contributed by atoms with Crippen LogP contribution in [-0.2, 0) is 19.1 Å². The van der Waals surface area contributed by atoms with Crippen LogP contribution < -0.4 is 20.5 Å². The third kappa shape index (κ3) is 5.01. The smallest absolute Gasteiger partial charge is 0.338 e. The minimum absolute atomic E-state index is 0.000631. The minimum Gasteiger partial charge on any atom is -0.508 e. The molecule has 0 saturated heterocycles. The van der Waals surface area contributed by atoms with E-state index in [4.69, 9.17) is 15.2 Å². The molecule has 1 aromatic heterocycles. The summed E-state index contributed by atoms with van der Waals surface area (Å²) < 4.78 is 12.4. The quantitative estimate of drug-likeness (QED) is 0.416. The van der Waals surface area contributed by atoms with Gasteiger partial charge in [-0.1, -0.05) is 24.3 Å². The second kappa shape index (κ2) is 10.4. The number of phenolic OH excluding ortho intramolecular Hbond substituents is 2. The summed E-state index contributed by atoms with van der Waals surface area (Å²) in [4.78, 5) is 40.2. The number of hydrogen-bond donors (Lipinski definition) is 3. The molecule has 1 aliphatic rings. The van der Waals surface area contributed by atoms with Crippen molar-refractivity contribution < 1.29 is 29.3 Å². The van der Waals surface area contributed by atoms with Gasteiger partial charge in [-0.15, -0.1) is 11.3 Å². The highest BCUT2D eigenvalue weighted by molar-refractivity contribution is 7.07. The van der Waals surface area contributed by atoms with Gasteiger partial charge in [-0.25, -0.2) is 9.59 Å². The van der Waals surface area contributed by atoms with E-state index in [2.05, 4.69) is 0 Å². The lowest BCUT2D eigenvalue weighted by molar-refractivity contribution is -0.140. The molecule has 0 amide bonds. The molecular formula is C27H26N2O7S. The van der Waals surface area contributed by atoms with Crippen molar-refractivity contribution in [2.75, 3.05) is 6.61 Å². The van der Waals surface area contributed by atoms with Gasteiger partial charge in [0.25, 0.3) is 5.56 Å². The van der Waals surface area contributed by atoms with Crippen molar-refractivity contribution in [3.63, 3.8) is 0 Å². The Kier molecular flexibility index (Phi) is 7.21. The van der Waals surface area contributed by atoms with Gasteiger partial charge in [0.05, 0.1) is 34.3 Å². The monoisotopic (exact) mass is 522 g/mol. The summed E-state index contributed by atoms with van der Waals surface area (Å²) in [6.45, 7) is 5.07. The van der Waals surface area contributed by atoms with E-state index >= 15 is 0 Å². The zero-order valence-corrected chi connectivity index (χ0v) is 21.2. The van der Waals surface area contributed by atoms with Gasteiger partial charge in [-0.3, -0.25) is 9.36 Å². The molecule has 9 nitrogen and oxygen atoms in total. The zero-order chi connectivity index (χ0) is 26.9. The molecule has 0 radical (unpaired) electrons. The standard InChI is InChI=1S/C27H26N2O7S/c1-4-35-26(33)21-20(16-7-11-18(31)12-8-16)22(27(34)36-14(2)3)25-29(23(21)28)24(32)19(37-25)13-15-5-9-17(30)10-6-15/h5-14,20,30-31H,4,28H2,1-3H3. The molecule has 1 atom stereocenters. The predicted octanol–water partition coefficient (Wildman–Crippen LogP) is 1.74. The van der Waals surface area contributed by atoms with Gasteiger partial charge < -0.3 is 25.4 Å². The Hall–Kier alpha value is -4.31. The van der Waals surface area contributed by atoms with Crippen molar-refractivity contribution in [2.24, 2.45) is 5.73 Å². The molecule has 1 aliphatic heterocycles. The summed E-state index contributed by atoms with van der Waals surface area (Å²) in [6, 6.07) is 12.3. The third-order valence-corrected chi connectivity index (χ3v) is 6.73. The number of nitrogens with two attached hydrogens (primary N) is 1. The van der Waals surface area contributed by atoms with Crippen LogP contribution in [0, 0.1) is 0 Å². The fraction of sp³-hybridized carbons (Fsp3) is 0.222. The van der Waals surface area contributed by atoms with Crippen LogP contribution in [0.1, 0.15) is 37.8 Å². The van der Waals surface area contributed by atoms with Crippen molar-refractivity contribution in [1.82, 2.24) is 4.57 Å². The van der Waals surface area contributed by atoms with Gasteiger partial charge in [0.2, 0.25) is 0 Å². The van der Waals surface area contributed by atoms with E-state index in [1.807, 2.05) is 0 Å². The van der Waals surface area contributed by atoms with Crippen LogP contribution in [0.25, 0.3) is 17.5 Å². The molecule has 0 aliphatic carbocycles. The molecule has 0 bridgehead atoms. The van der Waals surface area contributed by atoms with Crippen LogP contribution in [0.15, 0.2) is 58.9 Å². The number of esters is 2. The maximum Gasteiger partial charge on any atom is 0.338 e. The summed E-state index contributed by atoms with van der Waals surface area (Å²) in [7, 11) is 0. The Morgan fingerprint density at radius 3 is 2.19 bits per heavy atom. The summed E-state index contributed by atoms with van der Waals surface area (Å²) in [5.74, 6) is -2.58. The number of benzene rings is 2. The van der Waals surface area contributed by atoms with Gasteiger partial charge in [0, 0.05) is 0 Å². The topological polar surface area (TPSA) is 141 Å². The van der Waals surface area contributed by atoms with Gasteiger partial charge in [-0.2, -0.15) is 0 Å². The first-order chi connectivity index (χ1) is 17.6. The largest absolute Gasteiger partial charge is 0.508 e. The molecule has 2 heterocycles. The Morgan fingerprint density at radius 1 is 1.03 bits per heavy atom. The van der Waals surface area contributed by atoms with Gasteiger partial charge in [0.15, 0.2) is 0 Å². The molecule has 10 heteroatoms. The van der Waals surface area contributed by atoms with Crippen molar-refractivity contribution in [1.29, 1.82) is 0 Å². The highest BCUT2D eigenvalue weighted by Crippen LogP contribution is 2.38. The van der Waals surface area contributed by atoms with E-state index in [1.165, 1.54) is 24.3 Å². The maximum atomic E-state index is 13.5. The normalized spacial score (nSPS) is 15.6. The van der Waals surface area contributed by atoms with Crippen molar-refractivity contribution >= 4 is 40.7 Å². The fourth-order valence-corrected chi connectivity index (χ4v) is 5.22. The number of carbonyl (C=O) groups is 2. The molecule has 0 fully saturated rings. The zero-order valence-electron chi connectivity index (χ0n) is 20.4. The predicted molar refractivity (Wildman–Crippen MR) is 139 cm³/mol. The summed E-state index contributed by atoms with van der Waals surface area (Å²) in [5, 5.41) is 19.4. The second-order valence-electron chi connectivity index (χ2n) is 8.56. The number of thiazole rings is 1. The van der Waals surface area contributed by atoms with Crippen LogP contribution in [0.3, 0.4) is 0 Å². The van der Waals surface area contributed by atoms with Crippen molar-refractivity contribution in [3.05, 3.63) is 84.8 Å². The number of ether oxygens (including phenoxy) is 2. The summed E-state index contributed by atoms with van der Waals surface area (Å²) >= 11 is 1.04. The SMILES string of the molecule is CCOC(=O)C1=C(N)n2c(sc(=Cc3ccc(O)cc3)c2=O)=C(C(=O)OC(C)C)C1c1ccc(O)cc1. The van der Waals surface area contributed by atoms with Crippen LogP contribution in [0.4, 0.5) is 0 Å². The Balaban J connectivity index is 2.10. The molecule has 3 aromatic rings. The summed E-state index contributed by atoms with van der Waals surface area (Å²) in [6.07, 6.45) is 1.13. The van der Waals surface area contributed by atoms with Gasteiger partial charge in [0.1, 0.15) is 22.0 Å². The molecule has 37 heavy (non-hydrogen) atoms. The van der Waals surface area contributed by atoms with E-state index < -0.39 is 29.5 Å². The number of nitrogens with zero attached hydrogens (tertiary/aromatic N) is 1. The number of rotatable bonds is 6. The first-order valence-electron chi connectivity index (χ1n) is 11.6. The fourth-order valence-electron chi connectivity index (χ4n) is 4.05. The molecule has 0 spiro atoms. The highest BCUT2D eigenvalue weighted by atomic mass is 32.1. The van der Waals surface area contributed by atoms with E-state index in [0.29, 0.717) is 11.1 Å². The average molecular weight is 523 g/mol. The number of aromatic nitrogens is 1. The first-order valence-corrected chi connectivity index (χ1v) is 12.4. The van der Waals surface area contributed by atoms with E-state index in [-0.39, 0.29) is 44.3 Å². The Bertz CT molecular complexity index is 1560. The third-order valence-electron chi connectivity index (χ3n) is 5.62. The summed E-state index contributed by atoms with van der Waals surface area (Å²) in [5.41, 5.74) is 7.04. The Morgan fingerprint density at radius 2 is 1.62 bits per heavy atom. The Labute approximate surface area is 216 Å². The van der Waals surface area contributed by atoms with Gasteiger partial charge >= 0.3 is 11.9 Å². The molecule has 0 saturated carbocycles. The lowest BCUT2D eigenvalue weighted by Crippen LogP contribution is -2.42. The maximum absolute atomic E-state index is 13.5. The highest BCUT2D eigenvalue weighted by Gasteiger charge is 2.40. The molecule has 1 unspecified atom stereocenters. The van der Waals surface area contributed by atoms with Crippen molar-refractivity contribution in [2.45, 2.75) is 32.8 Å². The van der Waals surface area contributed by atoms with Gasteiger partial charge in [-0.05, 0) is 62.2 Å². The molecule has 2 aromatic carbocycles. The number of phenols is 2. The molecule has 4 N–H and O–H groups in total. The average Bonchev–Trinajstić information content (AvgIpc) is 3.16. The lowest BCUT2D eigenvalue weighted by atomic mass is 9.83. The first kappa shape index (κ1) is 25.8. The minimum atomic E-state index is -1.01. The van der Waals surface area contributed by atoms with Crippen LogP contribution in [0.5, 0.6) is 11.5 Å². The number of carbonyl (C=O) groups excluding carboxylic acids is 2. The lowest BCUT2D eigenvalue weighted by Gasteiger charge is -2.27. The molecule has 4 rings (SSSR count). The van der Waals surface area contributed by atoms with E-state index in [1.54, 1.807) is 51.1 Å². The van der Waals surface area contributed by atoms with Crippen LogP contribution in [-0.4, -0.2) is 39.4 Å². The van der Waals surface area contributed by atoms with Crippen LogP contribution in [0.2, 0.25) is 0 Å². The molecule has 192 valence electrons. The number of fused-ring (bicyclic) bond motifs is 1. The number of hydrogen-bond acceptors (Lipinski definition) is 9. The number of aromatic hydroxyl groups is 2.